The van der Waals surface area contributed by atoms with E-state index in [1.54, 1.807) is 19.2 Å². The summed E-state index contributed by atoms with van der Waals surface area (Å²) in [6.45, 7) is 4.14. The zero-order valence-corrected chi connectivity index (χ0v) is 22.3. The number of methoxy groups -OCH3 is 1. The molecule has 194 valence electrons. The first-order valence-corrected chi connectivity index (χ1v) is 13.4. The molecule has 36 heavy (non-hydrogen) atoms. The van der Waals surface area contributed by atoms with Gasteiger partial charge in [0.15, 0.2) is 6.79 Å². The first-order chi connectivity index (χ1) is 17.2. The Kier molecular flexibility index (Phi) is 9.83. The Hall–Kier alpha value is -2.54. The summed E-state index contributed by atoms with van der Waals surface area (Å²) < 4.78 is 46.6. The van der Waals surface area contributed by atoms with E-state index in [2.05, 4.69) is 6.07 Å². The van der Waals surface area contributed by atoms with Crippen LogP contribution in [0.1, 0.15) is 45.0 Å². The van der Waals surface area contributed by atoms with Gasteiger partial charge in [0.05, 0.1) is 12.3 Å². The summed E-state index contributed by atoms with van der Waals surface area (Å²) in [5.41, 5.74) is 6.91. The molecule has 0 fully saturated rings. The van der Waals surface area contributed by atoms with Crippen molar-refractivity contribution in [2.24, 2.45) is 0 Å². The Morgan fingerprint density at radius 3 is 2.08 bits per heavy atom. The highest BCUT2D eigenvalue weighted by Crippen LogP contribution is 2.49. The number of hydrogen-bond acceptors (Lipinski definition) is 6. The van der Waals surface area contributed by atoms with Crippen LogP contribution in [-0.4, -0.2) is 39.4 Å². The molecule has 0 heterocycles. The number of ether oxygens (including phenoxy) is 2. The minimum atomic E-state index is -3.34. The number of benzene rings is 3. The fourth-order valence-electron chi connectivity index (χ4n) is 4.21. The Labute approximate surface area is 212 Å². The Morgan fingerprint density at radius 2 is 1.50 bits per heavy atom. The van der Waals surface area contributed by atoms with E-state index in [0.29, 0.717) is 18.4 Å². The quantitative estimate of drug-likeness (QED) is 0.231. The van der Waals surface area contributed by atoms with Gasteiger partial charge in [0.2, 0.25) is 0 Å². The van der Waals surface area contributed by atoms with Crippen molar-refractivity contribution < 1.29 is 32.6 Å². The number of aryl methyl sites for hydroxylation is 2. The van der Waals surface area contributed by atoms with Crippen LogP contribution in [0.25, 0.3) is 0 Å². The predicted molar refractivity (Wildman–Crippen MR) is 138 cm³/mol. The van der Waals surface area contributed by atoms with Gasteiger partial charge in [-0.3, -0.25) is 4.57 Å². The van der Waals surface area contributed by atoms with Gasteiger partial charge in [0, 0.05) is 27.8 Å². The van der Waals surface area contributed by atoms with Gasteiger partial charge in [0.1, 0.15) is 11.6 Å². The summed E-state index contributed by atoms with van der Waals surface area (Å²) in [6, 6.07) is 16.3. The maximum Gasteiger partial charge on any atom is 0.333 e. The molecule has 0 aromatic heterocycles. The minimum Gasteiger partial charge on any atom is -0.467 e. The molecule has 1 N–H and O–H groups in total. The molecule has 3 rings (SSSR count). The van der Waals surface area contributed by atoms with Crippen molar-refractivity contribution in [3.63, 3.8) is 0 Å². The van der Waals surface area contributed by atoms with Crippen molar-refractivity contribution in [2.45, 2.75) is 32.8 Å². The van der Waals surface area contributed by atoms with Crippen LogP contribution in [0.4, 0.5) is 4.39 Å². The molecule has 1 unspecified atom stereocenters. The van der Waals surface area contributed by atoms with Crippen LogP contribution in [0.3, 0.4) is 0 Å². The van der Waals surface area contributed by atoms with Gasteiger partial charge in [-0.1, -0.05) is 36.4 Å². The van der Waals surface area contributed by atoms with Gasteiger partial charge < -0.3 is 23.6 Å². The maximum atomic E-state index is 13.4. The molecule has 3 aromatic rings. The molecule has 0 saturated heterocycles. The summed E-state index contributed by atoms with van der Waals surface area (Å²) in [5.74, 6) is 0.452. The third kappa shape index (κ3) is 7.25. The molecule has 8 heteroatoms. The molecular weight excluding hydrogens is 482 g/mol. The molecule has 0 aliphatic heterocycles. The van der Waals surface area contributed by atoms with Crippen LogP contribution in [0.15, 0.2) is 54.6 Å². The summed E-state index contributed by atoms with van der Waals surface area (Å²) in [7, 11) is 0.855. The first kappa shape index (κ1) is 28.0. The van der Waals surface area contributed by atoms with Gasteiger partial charge in [-0.25, -0.2) is 4.39 Å². The largest absolute Gasteiger partial charge is 0.467 e. The highest BCUT2D eigenvalue weighted by molar-refractivity contribution is 7.53. The van der Waals surface area contributed by atoms with E-state index in [9.17, 15) is 14.1 Å². The zero-order valence-electron chi connectivity index (χ0n) is 21.4. The van der Waals surface area contributed by atoms with Crippen LogP contribution < -0.4 is 4.74 Å². The van der Waals surface area contributed by atoms with Crippen LogP contribution >= 0.6 is 7.60 Å². The van der Waals surface area contributed by atoms with E-state index < -0.39 is 13.7 Å². The molecule has 3 aromatic carbocycles. The predicted octanol–water partition coefficient (Wildman–Crippen LogP) is 6.13. The monoisotopic (exact) mass is 516 g/mol. The van der Waals surface area contributed by atoms with Crippen molar-refractivity contribution in [1.29, 1.82) is 0 Å². The standard InChI is InChI=1S/C28H34FO6P/c1-19-12-23(27(30)17-36(31,33-4)34-5)13-20(2)26(19)16-22-8-11-28(35-18-32-3)24(15-22)14-21-6-9-25(29)10-7-21/h6-13,15,27,30H,14,16-18H2,1-5H3. The fraction of sp³-hybridized carbons (Fsp3) is 0.357. The Balaban J connectivity index is 1.86. The smallest absolute Gasteiger partial charge is 0.333 e. The lowest BCUT2D eigenvalue weighted by Crippen LogP contribution is -2.08. The fourth-order valence-corrected chi connectivity index (χ4v) is 5.29. The second-order valence-corrected chi connectivity index (χ2v) is 11.1. The number of rotatable bonds is 12. The van der Waals surface area contributed by atoms with Gasteiger partial charge in [-0.15, -0.1) is 0 Å². The number of halogens is 1. The molecule has 1 atom stereocenters. The molecule has 0 amide bonds. The molecule has 0 aliphatic carbocycles. The van der Waals surface area contributed by atoms with Crippen molar-refractivity contribution in [3.05, 3.63) is 99.4 Å². The second kappa shape index (κ2) is 12.6. The Bertz CT molecular complexity index is 1180. The van der Waals surface area contributed by atoms with Gasteiger partial charge in [0.25, 0.3) is 0 Å². The average Bonchev–Trinajstić information content (AvgIpc) is 2.86. The van der Waals surface area contributed by atoms with Gasteiger partial charge in [-0.05, 0) is 77.4 Å². The summed E-state index contributed by atoms with van der Waals surface area (Å²) in [5, 5.41) is 10.7. The lowest BCUT2D eigenvalue weighted by molar-refractivity contribution is 0.0505. The molecule has 0 bridgehead atoms. The molecular formula is C28H34FO6P. The van der Waals surface area contributed by atoms with Crippen molar-refractivity contribution in [3.8, 4) is 5.75 Å². The van der Waals surface area contributed by atoms with E-state index in [0.717, 1.165) is 39.1 Å². The molecule has 0 saturated carbocycles. The Morgan fingerprint density at radius 1 is 0.889 bits per heavy atom. The van der Waals surface area contributed by atoms with E-state index in [1.165, 1.54) is 26.4 Å². The normalized spacial score (nSPS) is 12.5. The van der Waals surface area contributed by atoms with Crippen molar-refractivity contribution >= 4 is 7.60 Å². The van der Waals surface area contributed by atoms with E-state index in [1.807, 2.05) is 38.1 Å². The molecule has 0 aliphatic rings. The third-order valence-electron chi connectivity index (χ3n) is 6.20. The van der Waals surface area contributed by atoms with E-state index in [4.69, 9.17) is 18.5 Å². The lowest BCUT2D eigenvalue weighted by atomic mass is 9.91. The van der Waals surface area contributed by atoms with Gasteiger partial charge >= 0.3 is 7.60 Å². The van der Waals surface area contributed by atoms with E-state index >= 15 is 0 Å². The highest BCUT2D eigenvalue weighted by atomic mass is 31.2. The first-order valence-electron chi connectivity index (χ1n) is 11.6. The highest BCUT2D eigenvalue weighted by Gasteiger charge is 2.27. The van der Waals surface area contributed by atoms with Crippen molar-refractivity contribution in [2.75, 3.05) is 34.3 Å². The number of aliphatic hydroxyl groups is 1. The molecule has 6 nitrogen and oxygen atoms in total. The minimum absolute atomic E-state index is 0.117. The van der Waals surface area contributed by atoms with Crippen LogP contribution in [0.2, 0.25) is 0 Å². The van der Waals surface area contributed by atoms with E-state index in [-0.39, 0.29) is 18.8 Å². The third-order valence-corrected chi connectivity index (χ3v) is 8.11. The topological polar surface area (TPSA) is 74.2 Å². The molecule has 0 spiro atoms. The summed E-state index contributed by atoms with van der Waals surface area (Å²) in [6.07, 6.45) is 0.189. The maximum absolute atomic E-state index is 13.4. The number of aliphatic hydroxyl groups excluding tert-OH is 1. The SMILES string of the molecule is COCOc1ccc(Cc2c(C)cc(C(O)CP(=O)(OC)OC)cc2C)cc1Cc1ccc(F)cc1. The lowest BCUT2D eigenvalue weighted by Gasteiger charge is -2.20. The van der Waals surface area contributed by atoms with Gasteiger partial charge in [-0.2, -0.15) is 0 Å². The second-order valence-electron chi connectivity index (χ2n) is 8.78. The molecule has 0 radical (unpaired) electrons. The van der Waals surface area contributed by atoms with Crippen LogP contribution in [0, 0.1) is 19.7 Å². The van der Waals surface area contributed by atoms with Crippen molar-refractivity contribution in [1.82, 2.24) is 0 Å². The summed E-state index contributed by atoms with van der Waals surface area (Å²) in [4.78, 5) is 0. The average molecular weight is 517 g/mol. The van der Waals surface area contributed by atoms with Crippen LogP contribution in [-0.2, 0) is 31.2 Å². The zero-order chi connectivity index (χ0) is 26.3. The van der Waals surface area contributed by atoms with Crippen LogP contribution in [0.5, 0.6) is 5.75 Å². The number of hydrogen-bond donors (Lipinski definition) is 1. The summed E-state index contributed by atoms with van der Waals surface area (Å²) >= 11 is 0.